The second-order valence-electron chi connectivity index (χ2n) is 3.48. The Labute approximate surface area is 106 Å². The van der Waals surface area contributed by atoms with Crippen molar-refractivity contribution in [3.8, 4) is 6.01 Å². The van der Waals surface area contributed by atoms with Crippen LogP contribution in [0.4, 0.5) is 11.9 Å². The van der Waals surface area contributed by atoms with Gasteiger partial charge in [0.1, 0.15) is 0 Å². The summed E-state index contributed by atoms with van der Waals surface area (Å²) < 4.78 is 4.91. The molecule has 0 amide bonds. The summed E-state index contributed by atoms with van der Waals surface area (Å²) in [6.45, 7) is 0.834. The normalized spacial score (nSPS) is 10.2. The second-order valence-corrected chi connectivity index (χ2v) is 4.47. The van der Waals surface area contributed by atoms with Gasteiger partial charge in [0.15, 0.2) is 0 Å². The van der Waals surface area contributed by atoms with Crippen LogP contribution in [0.2, 0.25) is 0 Å². The molecule has 0 atom stereocenters. The van der Waals surface area contributed by atoms with Crippen LogP contribution in [0, 0.1) is 0 Å². The van der Waals surface area contributed by atoms with Gasteiger partial charge in [-0.25, -0.2) is 0 Å². The molecule has 0 fully saturated rings. The molecule has 0 spiro atoms. The number of nitrogens with zero attached hydrogens (tertiary/aromatic N) is 3. The van der Waals surface area contributed by atoms with E-state index in [1.165, 1.54) is 25.7 Å². The van der Waals surface area contributed by atoms with Crippen LogP contribution in [0.3, 0.4) is 0 Å². The van der Waals surface area contributed by atoms with Crippen LogP contribution in [0.1, 0.15) is 19.3 Å². The van der Waals surface area contributed by atoms with E-state index in [2.05, 4.69) is 26.5 Å². The molecule has 1 aromatic heterocycles. The molecule has 0 saturated carbocycles. The zero-order valence-corrected chi connectivity index (χ0v) is 11.1. The van der Waals surface area contributed by atoms with E-state index in [4.69, 9.17) is 10.5 Å². The average molecular weight is 257 g/mol. The van der Waals surface area contributed by atoms with Crippen molar-refractivity contribution in [1.82, 2.24) is 15.0 Å². The Kier molecular flexibility index (Phi) is 6.46. The monoisotopic (exact) mass is 257 g/mol. The average Bonchev–Trinajstić information content (AvgIpc) is 2.33. The maximum atomic E-state index is 5.52. The van der Waals surface area contributed by atoms with Gasteiger partial charge >= 0.3 is 6.01 Å². The molecule has 0 aliphatic carbocycles. The van der Waals surface area contributed by atoms with Crippen LogP contribution in [-0.4, -0.2) is 40.6 Å². The number of methoxy groups -OCH3 is 1. The fraction of sp³-hybridized carbons (Fsp3) is 0.700. The zero-order chi connectivity index (χ0) is 12.5. The van der Waals surface area contributed by atoms with Crippen LogP contribution in [0.15, 0.2) is 0 Å². The van der Waals surface area contributed by atoms with E-state index < -0.39 is 0 Å². The van der Waals surface area contributed by atoms with E-state index in [0.717, 1.165) is 13.0 Å². The van der Waals surface area contributed by atoms with E-state index in [-0.39, 0.29) is 12.0 Å². The smallest absolute Gasteiger partial charge is 0.322 e. The van der Waals surface area contributed by atoms with Gasteiger partial charge in [-0.1, -0.05) is 6.42 Å². The van der Waals surface area contributed by atoms with E-state index in [9.17, 15) is 0 Å². The first kappa shape index (κ1) is 13.8. The van der Waals surface area contributed by atoms with Crippen molar-refractivity contribution >= 4 is 23.7 Å². The highest BCUT2D eigenvalue weighted by Gasteiger charge is 2.03. The molecule has 0 aliphatic heterocycles. The number of nitrogens with one attached hydrogen (secondary N) is 1. The van der Waals surface area contributed by atoms with Gasteiger partial charge in [-0.2, -0.15) is 26.7 Å². The number of nitrogen functional groups attached to an aromatic ring is 1. The van der Waals surface area contributed by atoms with E-state index >= 15 is 0 Å². The van der Waals surface area contributed by atoms with E-state index in [1.807, 2.05) is 11.8 Å². The number of aromatic nitrogens is 3. The molecule has 1 heterocycles. The molecule has 96 valence electrons. The van der Waals surface area contributed by atoms with E-state index in [1.54, 1.807) is 0 Å². The number of ether oxygens (including phenoxy) is 1. The number of thioether (sulfide) groups is 1. The van der Waals surface area contributed by atoms with Crippen molar-refractivity contribution in [3.63, 3.8) is 0 Å². The van der Waals surface area contributed by atoms with Crippen LogP contribution < -0.4 is 15.8 Å². The Bertz CT molecular complexity index is 336. The lowest BCUT2D eigenvalue weighted by atomic mass is 10.2. The molecule has 6 nitrogen and oxygen atoms in total. The Morgan fingerprint density at radius 2 is 2.06 bits per heavy atom. The highest BCUT2D eigenvalue weighted by Crippen LogP contribution is 2.08. The molecular formula is C10H19N5OS. The fourth-order valence-electron chi connectivity index (χ4n) is 1.29. The molecule has 0 radical (unpaired) electrons. The first-order chi connectivity index (χ1) is 8.26. The maximum absolute atomic E-state index is 5.52. The van der Waals surface area contributed by atoms with Crippen LogP contribution in [-0.2, 0) is 0 Å². The van der Waals surface area contributed by atoms with Crippen molar-refractivity contribution < 1.29 is 4.74 Å². The van der Waals surface area contributed by atoms with Crippen molar-refractivity contribution in [2.75, 3.05) is 36.7 Å². The number of hydrogen-bond acceptors (Lipinski definition) is 7. The maximum Gasteiger partial charge on any atom is 0.322 e. The number of nitrogens with two attached hydrogens (primary N) is 1. The predicted molar refractivity (Wildman–Crippen MR) is 71.5 cm³/mol. The minimum absolute atomic E-state index is 0.168. The molecule has 1 aromatic rings. The molecule has 0 aromatic carbocycles. The molecule has 0 bridgehead atoms. The second kappa shape index (κ2) is 7.94. The molecule has 0 unspecified atom stereocenters. The fourth-order valence-corrected chi connectivity index (χ4v) is 1.78. The Morgan fingerprint density at radius 1 is 1.24 bits per heavy atom. The largest absolute Gasteiger partial charge is 0.467 e. The Morgan fingerprint density at radius 3 is 2.76 bits per heavy atom. The summed E-state index contributed by atoms with van der Waals surface area (Å²) in [4.78, 5) is 11.8. The van der Waals surface area contributed by atoms with Crippen LogP contribution in [0.25, 0.3) is 0 Å². The van der Waals surface area contributed by atoms with Crippen molar-refractivity contribution in [2.45, 2.75) is 19.3 Å². The van der Waals surface area contributed by atoms with Gasteiger partial charge in [0.25, 0.3) is 0 Å². The van der Waals surface area contributed by atoms with Crippen molar-refractivity contribution in [1.29, 1.82) is 0 Å². The Hall–Kier alpha value is -1.24. The van der Waals surface area contributed by atoms with Gasteiger partial charge in [-0.3, -0.25) is 0 Å². The topological polar surface area (TPSA) is 86.0 Å². The number of hydrogen-bond donors (Lipinski definition) is 2. The summed E-state index contributed by atoms with van der Waals surface area (Å²) in [5.41, 5.74) is 5.52. The quantitative estimate of drug-likeness (QED) is 0.681. The van der Waals surface area contributed by atoms with Gasteiger partial charge < -0.3 is 15.8 Å². The summed E-state index contributed by atoms with van der Waals surface area (Å²) >= 11 is 1.88. The van der Waals surface area contributed by atoms with Gasteiger partial charge in [-0.05, 0) is 24.9 Å². The first-order valence-corrected chi connectivity index (χ1v) is 6.94. The summed E-state index contributed by atoms with van der Waals surface area (Å²) in [6, 6.07) is 0.238. The predicted octanol–water partition coefficient (Wildman–Crippen LogP) is 1.41. The standard InChI is InChI=1S/C10H19N5OS/c1-16-10-14-8(11)13-9(15-10)12-6-4-3-5-7-17-2/h3-7H2,1-2H3,(H3,11,12,13,14,15). The highest BCUT2D eigenvalue weighted by atomic mass is 32.2. The summed E-state index contributed by atoms with van der Waals surface area (Å²) in [5.74, 6) is 1.85. The highest BCUT2D eigenvalue weighted by molar-refractivity contribution is 7.98. The minimum atomic E-state index is 0.168. The third-order valence-electron chi connectivity index (χ3n) is 2.12. The Balaban J connectivity index is 2.28. The van der Waals surface area contributed by atoms with Gasteiger partial charge in [0, 0.05) is 6.54 Å². The molecule has 0 saturated heterocycles. The molecule has 1 rings (SSSR count). The molecule has 3 N–H and O–H groups in total. The zero-order valence-electron chi connectivity index (χ0n) is 10.3. The summed E-state index contributed by atoms with van der Waals surface area (Å²) in [7, 11) is 1.50. The lowest BCUT2D eigenvalue weighted by molar-refractivity contribution is 0.379. The minimum Gasteiger partial charge on any atom is -0.467 e. The van der Waals surface area contributed by atoms with E-state index in [0.29, 0.717) is 5.95 Å². The molecule has 0 aliphatic rings. The third kappa shape index (κ3) is 5.58. The van der Waals surface area contributed by atoms with Gasteiger partial charge in [0.2, 0.25) is 11.9 Å². The molecule has 7 heteroatoms. The number of anilines is 2. The SMILES string of the molecule is COc1nc(N)nc(NCCCCCSC)n1. The molecule has 17 heavy (non-hydrogen) atoms. The van der Waals surface area contributed by atoms with Crippen molar-refractivity contribution in [2.24, 2.45) is 0 Å². The summed E-state index contributed by atoms with van der Waals surface area (Å²) in [6.07, 6.45) is 5.66. The van der Waals surface area contributed by atoms with Crippen LogP contribution in [0.5, 0.6) is 6.01 Å². The van der Waals surface area contributed by atoms with Gasteiger partial charge in [0.05, 0.1) is 7.11 Å². The lowest BCUT2D eigenvalue weighted by Crippen LogP contribution is -2.09. The number of unbranched alkanes of at least 4 members (excludes halogenated alkanes) is 2. The van der Waals surface area contributed by atoms with Crippen molar-refractivity contribution in [3.05, 3.63) is 0 Å². The first-order valence-electron chi connectivity index (χ1n) is 5.54. The third-order valence-corrected chi connectivity index (χ3v) is 2.82. The van der Waals surface area contributed by atoms with Gasteiger partial charge in [-0.15, -0.1) is 0 Å². The van der Waals surface area contributed by atoms with Crippen LogP contribution >= 0.6 is 11.8 Å². The molecular weight excluding hydrogens is 238 g/mol. The summed E-state index contributed by atoms with van der Waals surface area (Å²) in [5, 5.41) is 3.11. The number of rotatable bonds is 8. The lowest BCUT2D eigenvalue weighted by Gasteiger charge is -2.06.